The van der Waals surface area contributed by atoms with Crippen molar-refractivity contribution in [3.8, 4) is 17.0 Å². The van der Waals surface area contributed by atoms with Gasteiger partial charge in [0.15, 0.2) is 0 Å². The Bertz CT molecular complexity index is 1100. The maximum atomic E-state index is 12.7. The molecule has 2 N–H and O–H groups in total. The summed E-state index contributed by atoms with van der Waals surface area (Å²) in [4.78, 5) is 20.4. The van der Waals surface area contributed by atoms with Gasteiger partial charge in [0.1, 0.15) is 11.4 Å². The number of aromatic amines is 1. The maximum Gasteiger partial charge on any atom is 0.272 e. The minimum Gasteiger partial charge on any atom is -0.497 e. The third-order valence-corrected chi connectivity index (χ3v) is 4.92. The third kappa shape index (κ3) is 3.07. The predicted octanol–water partition coefficient (Wildman–Crippen LogP) is 4.86. The number of H-pyrrole nitrogens is 1. The van der Waals surface area contributed by atoms with Gasteiger partial charge in [0.05, 0.1) is 23.5 Å². The van der Waals surface area contributed by atoms with E-state index in [0.29, 0.717) is 5.69 Å². The average molecular weight is 363 g/mol. The molecule has 4 aromatic rings. The molecule has 5 nitrogen and oxygen atoms in total. The van der Waals surface area contributed by atoms with Crippen molar-refractivity contribution in [2.24, 2.45) is 0 Å². The quantitative estimate of drug-likeness (QED) is 0.544. The molecule has 1 amide bonds. The fourth-order valence-corrected chi connectivity index (χ4v) is 3.46. The van der Waals surface area contributed by atoms with Crippen molar-refractivity contribution >= 4 is 33.8 Å². The molecule has 0 unspecified atom stereocenters. The first kappa shape index (κ1) is 16.4. The number of nitrogens with one attached hydrogen (secondary N) is 2. The molecular formula is C20H17N3O2S. The Labute approximate surface area is 154 Å². The topological polar surface area (TPSA) is 67.0 Å². The van der Waals surface area contributed by atoms with Crippen molar-refractivity contribution in [1.82, 2.24) is 9.97 Å². The molecule has 0 fully saturated rings. The average Bonchev–Trinajstić information content (AvgIpc) is 3.27. The number of hydrogen-bond donors (Lipinski definition) is 2. The lowest BCUT2D eigenvalue weighted by atomic mass is 10.1. The summed E-state index contributed by atoms with van der Waals surface area (Å²) in [5, 5.41) is 6.93. The molecule has 0 aliphatic rings. The van der Waals surface area contributed by atoms with Crippen LogP contribution in [-0.4, -0.2) is 23.0 Å². The van der Waals surface area contributed by atoms with E-state index in [2.05, 4.69) is 15.3 Å². The van der Waals surface area contributed by atoms with Gasteiger partial charge in [-0.25, -0.2) is 4.98 Å². The molecule has 130 valence electrons. The van der Waals surface area contributed by atoms with Gasteiger partial charge in [-0.05, 0) is 31.2 Å². The van der Waals surface area contributed by atoms with Crippen LogP contribution in [0.15, 0.2) is 53.9 Å². The van der Waals surface area contributed by atoms with E-state index >= 15 is 0 Å². The fraction of sp³-hybridized carbons (Fsp3) is 0.100. The largest absolute Gasteiger partial charge is 0.497 e. The van der Waals surface area contributed by atoms with Crippen LogP contribution in [-0.2, 0) is 0 Å². The fourth-order valence-electron chi connectivity index (χ4n) is 2.85. The number of nitrogens with zero attached hydrogens (tertiary/aromatic N) is 1. The number of anilines is 1. The summed E-state index contributed by atoms with van der Waals surface area (Å²) in [6.07, 6.45) is 0. The number of fused-ring (bicyclic) bond motifs is 1. The van der Waals surface area contributed by atoms with E-state index in [-0.39, 0.29) is 5.91 Å². The summed E-state index contributed by atoms with van der Waals surface area (Å²) < 4.78 is 5.23. The van der Waals surface area contributed by atoms with E-state index in [9.17, 15) is 4.79 Å². The standard InChI is InChI=1S/C20H17N3O2S/c1-12-21-19(11-26-12)15-5-3-4-6-16(15)23-20(24)18-9-13-7-8-14(25-2)10-17(13)22-18/h3-11,22H,1-2H3,(H,23,24). The van der Waals surface area contributed by atoms with Crippen molar-refractivity contribution in [3.05, 3.63) is 64.6 Å². The zero-order chi connectivity index (χ0) is 18.1. The normalized spacial score (nSPS) is 10.8. The SMILES string of the molecule is COc1ccc2cc(C(=O)Nc3ccccc3-c3csc(C)n3)[nH]c2c1. The second-order valence-corrected chi connectivity index (χ2v) is 6.95. The van der Waals surface area contributed by atoms with Gasteiger partial charge >= 0.3 is 0 Å². The summed E-state index contributed by atoms with van der Waals surface area (Å²) in [6, 6.07) is 15.2. The highest BCUT2D eigenvalue weighted by Gasteiger charge is 2.14. The smallest absolute Gasteiger partial charge is 0.272 e. The molecule has 26 heavy (non-hydrogen) atoms. The first-order valence-corrected chi connectivity index (χ1v) is 9.01. The van der Waals surface area contributed by atoms with Crippen LogP contribution in [0.25, 0.3) is 22.2 Å². The summed E-state index contributed by atoms with van der Waals surface area (Å²) in [5.74, 6) is 0.551. The van der Waals surface area contributed by atoms with Gasteiger partial charge in [-0.3, -0.25) is 4.79 Å². The summed E-state index contributed by atoms with van der Waals surface area (Å²) in [5.41, 5.74) is 3.86. The Balaban J connectivity index is 1.65. The Morgan fingerprint density at radius 2 is 2.04 bits per heavy atom. The van der Waals surface area contributed by atoms with Gasteiger partial charge in [0, 0.05) is 27.9 Å². The lowest BCUT2D eigenvalue weighted by molar-refractivity contribution is 0.102. The number of aryl methyl sites for hydroxylation is 1. The number of amides is 1. The van der Waals surface area contributed by atoms with E-state index in [1.807, 2.05) is 60.8 Å². The second kappa shape index (κ2) is 6.65. The monoisotopic (exact) mass is 363 g/mol. The molecule has 0 atom stereocenters. The van der Waals surface area contributed by atoms with E-state index < -0.39 is 0 Å². The maximum absolute atomic E-state index is 12.7. The molecule has 6 heteroatoms. The zero-order valence-electron chi connectivity index (χ0n) is 14.4. The Morgan fingerprint density at radius 3 is 2.81 bits per heavy atom. The van der Waals surface area contributed by atoms with Crippen LogP contribution in [0, 0.1) is 6.92 Å². The van der Waals surface area contributed by atoms with Gasteiger partial charge in [0.25, 0.3) is 5.91 Å². The van der Waals surface area contributed by atoms with Crippen LogP contribution in [0.3, 0.4) is 0 Å². The molecule has 0 aliphatic carbocycles. The van der Waals surface area contributed by atoms with Crippen molar-refractivity contribution in [3.63, 3.8) is 0 Å². The first-order chi connectivity index (χ1) is 12.6. The minimum atomic E-state index is -0.195. The minimum absolute atomic E-state index is 0.195. The number of thiazole rings is 1. The Morgan fingerprint density at radius 1 is 1.19 bits per heavy atom. The molecule has 0 aliphatic heterocycles. The lowest BCUT2D eigenvalue weighted by Gasteiger charge is -2.08. The first-order valence-electron chi connectivity index (χ1n) is 8.13. The van der Waals surface area contributed by atoms with Crippen LogP contribution in [0.5, 0.6) is 5.75 Å². The van der Waals surface area contributed by atoms with Gasteiger partial charge in [-0.2, -0.15) is 0 Å². The van der Waals surface area contributed by atoms with E-state index in [0.717, 1.165) is 38.6 Å². The molecule has 0 bridgehead atoms. The molecule has 0 saturated carbocycles. The highest BCUT2D eigenvalue weighted by molar-refractivity contribution is 7.09. The molecule has 2 aromatic heterocycles. The Kier molecular flexibility index (Phi) is 4.18. The lowest BCUT2D eigenvalue weighted by Crippen LogP contribution is -2.12. The number of hydrogen-bond acceptors (Lipinski definition) is 4. The van der Waals surface area contributed by atoms with Gasteiger partial charge < -0.3 is 15.0 Å². The van der Waals surface area contributed by atoms with Crippen LogP contribution in [0.1, 0.15) is 15.5 Å². The number of para-hydroxylation sites is 1. The molecule has 4 rings (SSSR count). The van der Waals surface area contributed by atoms with Crippen molar-refractivity contribution in [2.75, 3.05) is 12.4 Å². The van der Waals surface area contributed by atoms with Gasteiger partial charge in [-0.1, -0.05) is 18.2 Å². The highest BCUT2D eigenvalue weighted by atomic mass is 32.1. The molecule has 2 heterocycles. The number of ether oxygens (including phenoxy) is 1. The van der Waals surface area contributed by atoms with Crippen LogP contribution >= 0.6 is 11.3 Å². The molecular weight excluding hydrogens is 346 g/mol. The second-order valence-electron chi connectivity index (χ2n) is 5.89. The number of carbonyl (C=O) groups excluding carboxylic acids is 1. The van der Waals surface area contributed by atoms with Gasteiger partial charge in [-0.15, -0.1) is 11.3 Å². The van der Waals surface area contributed by atoms with E-state index in [4.69, 9.17) is 4.74 Å². The van der Waals surface area contributed by atoms with Crippen molar-refractivity contribution in [2.45, 2.75) is 6.92 Å². The van der Waals surface area contributed by atoms with E-state index in [1.165, 1.54) is 0 Å². The molecule has 0 radical (unpaired) electrons. The number of rotatable bonds is 4. The molecule has 2 aromatic carbocycles. The van der Waals surface area contributed by atoms with Crippen molar-refractivity contribution in [1.29, 1.82) is 0 Å². The van der Waals surface area contributed by atoms with Crippen LogP contribution in [0.2, 0.25) is 0 Å². The van der Waals surface area contributed by atoms with Crippen LogP contribution < -0.4 is 10.1 Å². The summed E-state index contributed by atoms with van der Waals surface area (Å²) in [7, 11) is 1.62. The van der Waals surface area contributed by atoms with Crippen molar-refractivity contribution < 1.29 is 9.53 Å². The number of carbonyl (C=O) groups is 1. The summed E-state index contributed by atoms with van der Waals surface area (Å²) >= 11 is 1.59. The number of aromatic nitrogens is 2. The van der Waals surface area contributed by atoms with E-state index in [1.54, 1.807) is 18.4 Å². The Hall–Kier alpha value is -3.12. The predicted molar refractivity (Wildman–Crippen MR) is 105 cm³/mol. The number of benzene rings is 2. The third-order valence-electron chi connectivity index (χ3n) is 4.14. The highest BCUT2D eigenvalue weighted by Crippen LogP contribution is 2.29. The number of methoxy groups -OCH3 is 1. The van der Waals surface area contributed by atoms with Crippen LogP contribution in [0.4, 0.5) is 5.69 Å². The molecule has 0 saturated heterocycles. The molecule has 0 spiro atoms. The zero-order valence-corrected chi connectivity index (χ0v) is 15.2. The van der Waals surface area contributed by atoms with Gasteiger partial charge in [0.2, 0.25) is 0 Å². The summed E-state index contributed by atoms with van der Waals surface area (Å²) in [6.45, 7) is 1.97.